The zero-order valence-electron chi connectivity index (χ0n) is 11.2. The second-order valence-corrected chi connectivity index (χ2v) is 5.41. The second kappa shape index (κ2) is 4.85. The van der Waals surface area contributed by atoms with Gasteiger partial charge in [-0.2, -0.15) is 0 Å². The van der Waals surface area contributed by atoms with Crippen LogP contribution in [0.3, 0.4) is 0 Å². The van der Waals surface area contributed by atoms with Crippen LogP contribution in [-0.4, -0.2) is 32.7 Å². The zero-order chi connectivity index (χ0) is 13.3. The second-order valence-electron chi connectivity index (χ2n) is 5.41. The minimum Gasteiger partial charge on any atom is -0.496 e. The van der Waals surface area contributed by atoms with Crippen molar-refractivity contribution in [3.05, 3.63) is 29.8 Å². The lowest BCUT2D eigenvalue weighted by molar-refractivity contribution is -0.129. The molecule has 1 unspecified atom stereocenters. The van der Waals surface area contributed by atoms with Gasteiger partial charge in [0, 0.05) is 18.0 Å². The SMILES string of the molecule is COc1ccccc1C1CNC(=O)C12CCNCC2. The fraction of sp³-hybridized carbons (Fsp3) is 0.533. The van der Waals surface area contributed by atoms with Crippen LogP contribution in [-0.2, 0) is 4.79 Å². The normalized spacial score (nSPS) is 25.3. The Morgan fingerprint density at radius 3 is 2.74 bits per heavy atom. The highest BCUT2D eigenvalue weighted by atomic mass is 16.5. The van der Waals surface area contributed by atoms with E-state index in [1.54, 1.807) is 7.11 Å². The smallest absolute Gasteiger partial charge is 0.227 e. The number of ether oxygens (including phenoxy) is 1. The summed E-state index contributed by atoms with van der Waals surface area (Å²) in [5, 5.41) is 6.40. The van der Waals surface area contributed by atoms with Crippen molar-refractivity contribution < 1.29 is 9.53 Å². The van der Waals surface area contributed by atoms with Crippen molar-refractivity contribution in [2.75, 3.05) is 26.7 Å². The van der Waals surface area contributed by atoms with Gasteiger partial charge in [-0.15, -0.1) is 0 Å². The first-order valence-electron chi connectivity index (χ1n) is 6.90. The molecule has 0 bridgehead atoms. The Bertz CT molecular complexity index is 481. The predicted octanol–water partition coefficient (Wildman–Crippen LogP) is 1.28. The number of nitrogens with one attached hydrogen (secondary N) is 2. The summed E-state index contributed by atoms with van der Waals surface area (Å²) in [6, 6.07) is 8.07. The molecule has 0 saturated carbocycles. The maximum absolute atomic E-state index is 12.4. The number of carbonyl (C=O) groups is 1. The first-order valence-corrected chi connectivity index (χ1v) is 6.90. The molecular weight excluding hydrogens is 240 g/mol. The minimum atomic E-state index is -0.250. The lowest BCUT2D eigenvalue weighted by Gasteiger charge is -2.36. The lowest BCUT2D eigenvalue weighted by atomic mass is 9.68. The van der Waals surface area contributed by atoms with Gasteiger partial charge in [0.05, 0.1) is 12.5 Å². The van der Waals surface area contributed by atoms with Gasteiger partial charge in [0.1, 0.15) is 5.75 Å². The van der Waals surface area contributed by atoms with E-state index in [9.17, 15) is 4.79 Å². The molecule has 2 aliphatic heterocycles. The third kappa shape index (κ3) is 1.91. The Labute approximate surface area is 113 Å². The first-order chi connectivity index (χ1) is 9.28. The summed E-state index contributed by atoms with van der Waals surface area (Å²) >= 11 is 0. The summed E-state index contributed by atoms with van der Waals surface area (Å²) in [5.41, 5.74) is 0.908. The molecule has 1 atom stereocenters. The maximum atomic E-state index is 12.4. The quantitative estimate of drug-likeness (QED) is 0.842. The summed E-state index contributed by atoms with van der Waals surface area (Å²) in [4.78, 5) is 12.4. The van der Waals surface area contributed by atoms with Crippen LogP contribution in [0.4, 0.5) is 0 Å². The Hall–Kier alpha value is -1.55. The molecule has 1 aromatic rings. The molecule has 1 amide bonds. The van der Waals surface area contributed by atoms with Gasteiger partial charge in [-0.3, -0.25) is 4.79 Å². The average Bonchev–Trinajstić information content (AvgIpc) is 2.77. The summed E-state index contributed by atoms with van der Waals surface area (Å²) in [6.45, 7) is 2.55. The molecule has 1 spiro atoms. The fourth-order valence-electron chi connectivity index (χ4n) is 3.53. The van der Waals surface area contributed by atoms with E-state index in [4.69, 9.17) is 4.74 Å². The Kier molecular flexibility index (Phi) is 3.19. The number of methoxy groups -OCH3 is 1. The number of benzene rings is 1. The topological polar surface area (TPSA) is 50.4 Å². The molecule has 2 aliphatic rings. The van der Waals surface area contributed by atoms with Crippen molar-refractivity contribution in [1.82, 2.24) is 10.6 Å². The van der Waals surface area contributed by atoms with Crippen molar-refractivity contribution in [1.29, 1.82) is 0 Å². The number of hydrogen-bond acceptors (Lipinski definition) is 3. The average molecular weight is 260 g/mol. The van der Waals surface area contributed by atoms with Gasteiger partial charge in [-0.1, -0.05) is 18.2 Å². The highest BCUT2D eigenvalue weighted by molar-refractivity contribution is 5.87. The first kappa shape index (κ1) is 12.5. The van der Waals surface area contributed by atoms with Crippen molar-refractivity contribution in [3.8, 4) is 5.75 Å². The Morgan fingerprint density at radius 1 is 1.26 bits per heavy atom. The molecule has 2 heterocycles. The summed E-state index contributed by atoms with van der Waals surface area (Å²) < 4.78 is 5.47. The van der Waals surface area contributed by atoms with E-state index >= 15 is 0 Å². The predicted molar refractivity (Wildman–Crippen MR) is 73.3 cm³/mol. The van der Waals surface area contributed by atoms with E-state index in [1.165, 1.54) is 0 Å². The molecule has 3 rings (SSSR count). The van der Waals surface area contributed by atoms with Crippen LogP contribution in [0.2, 0.25) is 0 Å². The third-order valence-corrected chi connectivity index (χ3v) is 4.60. The fourth-order valence-corrected chi connectivity index (χ4v) is 3.53. The molecule has 1 aromatic carbocycles. The van der Waals surface area contributed by atoms with Crippen molar-refractivity contribution in [2.24, 2.45) is 5.41 Å². The molecule has 19 heavy (non-hydrogen) atoms. The number of amides is 1. The van der Waals surface area contributed by atoms with Crippen LogP contribution in [0.5, 0.6) is 5.75 Å². The number of hydrogen-bond donors (Lipinski definition) is 2. The van der Waals surface area contributed by atoms with Gasteiger partial charge in [0.15, 0.2) is 0 Å². The Balaban J connectivity index is 2.01. The molecule has 0 radical (unpaired) electrons. The van der Waals surface area contributed by atoms with Gasteiger partial charge in [0.2, 0.25) is 5.91 Å². The summed E-state index contributed by atoms with van der Waals surface area (Å²) in [5.74, 6) is 1.32. The number of carbonyl (C=O) groups excluding carboxylic acids is 1. The summed E-state index contributed by atoms with van der Waals surface area (Å²) in [6.07, 6.45) is 1.81. The van der Waals surface area contributed by atoms with Crippen molar-refractivity contribution >= 4 is 5.91 Å². The number of piperidine rings is 1. The van der Waals surface area contributed by atoms with Gasteiger partial charge in [-0.05, 0) is 32.0 Å². The van der Waals surface area contributed by atoms with Crippen LogP contribution < -0.4 is 15.4 Å². The molecule has 4 heteroatoms. The van der Waals surface area contributed by atoms with E-state index in [2.05, 4.69) is 16.7 Å². The number of rotatable bonds is 2. The van der Waals surface area contributed by atoms with E-state index in [1.807, 2.05) is 18.2 Å². The molecule has 4 nitrogen and oxygen atoms in total. The standard InChI is InChI=1S/C15H20N2O2/c1-19-13-5-3-2-4-11(13)12-10-17-14(18)15(12)6-8-16-9-7-15/h2-5,12,16H,6-10H2,1H3,(H,17,18). The third-order valence-electron chi connectivity index (χ3n) is 4.60. The highest BCUT2D eigenvalue weighted by Crippen LogP contribution is 2.48. The van der Waals surface area contributed by atoms with E-state index < -0.39 is 0 Å². The largest absolute Gasteiger partial charge is 0.496 e. The van der Waals surface area contributed by atoms with Crippen LogP contribution in [0, 0.1) is 5.41 Å². The van der Waals surface area contributed by atoms with Crippen LogP contribution in [0.25, 0.3) is 0 Å². The summed E-state index contributed by atoms with van der Waals surface area (Å²) in [7, 11) is 1.69. The maximum Gasteiger partial charge on any atom is 0.227 e. The van der Waals surface area contributed by atoms with Gasteiger partial charge in [0.25, 0.3) is 0 Å². The molecule has 2 saturated heterocycles. The molecule has 102 valence electrons. The molecule has 2 N–H and O–H groups in total. The minimum absolute atomic E-state index is 0.213. The van der Waals surface area contributed by atoms with E-state index in [-0.39, 0.29) is 17.2 Å². The zero-order valence-corrected chi connectivity index (χ0v) is 11.2. The van der Waals surface area contributed by atoms with E-state index in [0.29, 0.717) is 0 Å². The van der Waals surface area contributed by atoms with Crippen LogP contribution in [0.1, 0.15) is 24.3 Å². The van der Waals surface area contributed by atoms with Gasteiger partial charge >= 0.3 is 0 Å². The Morgan fingerprint density at radius 2 is 2.00 bits per heavy atom. The number of para-hydroxylation sites is 1. The molecule has 2 fully saturated rings. The van der Waals surface area contributed by atoms with Crippen LogP contribution in [0.15, 0.2) is 24.3 Å². The lowest BCUT2D eigenvalue weighted by Crippen LogP contribution is -2.44. The molecule has 0 aromatic heterocycles. The van der Waals surface area contributed by atoms with Crippen LogP contribution >= 0.6 is 0 Å². The van der Waals surface area contributed by atoms with E-state index in [0.717, 1.165) is 43.8 Å². The van der Waals surface area contributed by atoms with Gasteiger partial charge in [-0.25, -0.2) is 0 Å². The molecular formula is C15H20N2O2. The van der Waals surface area contributed by atoms with Crippen molar-refractivity contribution in [2.45, 2.75) is 18.8 Å². The van der Waals surface area contributed by atoms with Gasteiger partial charge < -0.3 is 15.4 Å². The monoisotopic (exact) mass is 260 g/mol. The van der Waals surface area contributed by atoms with Crippen molar-refractivity contribution in [3.63, 3.8) is 0 Å². The highest BCUT2D eigenvalue weighted by Gasteiger charge is 2.51. The molecule has 0 aliphatic carbocycles.